The van der Waals surface area contributed by atoms with Gasteiger partial charge in [0.1, 0.15) is 11.8 Å². The van der Waals surface area contributed by atoms with Crippen molar-refractivity contribution >= 4 is 0 Å². The fraction of sp³-hybridized carbons (Fsp3) is 0.733. The maximum Gasteiger partial charge on any atom is 0.330 e. The minimum atomic E-state index is -0.754. The lowest BCUT2D eigenvalue weighted by atomic mass is 9.87. The van der Waals surface area contributed by atoms with Crippen molar-refractivity contribution in [3.8, 4) is 0 Å². The Hall–Kier alpha value is -1.48. The van der Waals surface area contributed by atoms with E-state index in [1.54, 1.807) is 21.1 Å². The Labute approximate surface area is 133 Å². The molecule has 0 aromatic carbocycles. The van der Waals surface area contributed by atoms with Crippen LogP contribution in [0.25, 0.3) is 0 Å². The number of nitrogens with one attached hydrogen (secondary N) is 1. The molecule has 0 saturated carbocycles. The average molecular weight is 326 g/mol. The maximum absolute atomic E-state index is 12.1. The minimum Gasteiger partial charge on any atom is -0.378 e. The molecule has 0 amide bonds. The van der Waals surface area contributed by atoms with Gasteiger partial charge in [-0.3, -0.25) is 14.3 Å². The van der Waals surface area contributed by atoms with E-state index >= 15 is 0 Å². The Morgan fingerprint density at radius 2 is 2.04 bits per heavy atom. The number of ether oxygens (including phenoxy) is 4. The quantitative estimate of drug-likeness (QED) is 0.837. The average Bonchev–Trinajstić information content (AvgIpc) is 2.90. The second-order valence-electron chi connectivity index (χ2n) is 6.03. The third-order valence-corrected chi connectivity index (χ3v) is 4.74. The van der Waals surface area contributed by atoms with Crippen LogP contribution in [0, 0.1) is 6.92 Å². The van der Waals surface area contributed by atoms with E-state index in [4.69, 9.17) is 18.9 Å². The number of hydrogen-bond donors (Lipinski definition) is 1. The van der Waals surface area contributed by atoms with Gasteiger partial charge in [-0.15, -0.1) is 0 Å². The number of nitrogens with zero attached hydrogens (tertiary/aromatic N) is 1. The van der Waals surface area contributed by atoms with E-state index in [0.29, 0.717) is 31.6 Å². The first kappa shape index (κ1) is 16.4. The second-order valence-corrected chi connectivity index (χ2v) is 6.03. The van der Waals surface area contributed by atoms with Gasteiger partial charge >= 0.3 is 5.69 Å². The van der Waals surface area contributed by atoms with Crippen LogP contribution in [-0.2, 0) is 18.9 Å². The first-order valence-electron chi connectivity index (χ1n) is 7.65. The Balaban J connectivity index is 1.97. The van der Waals surface area contributed by atoms with Crippen LogP contribution in [0.5, 0.6) is 0 Å². The van der Waals surface area contributed by atoms with Gasteiger partial charge < -0.3 is 18.9 Å². The molecule has 0 radical (unpaired) electrons. The second kappa shape index (κ2) is 6.20. The summed E-state index contributed by atoms with van der Waals surface area (Å²) in [5.74, 6) is 0. The number of hydrogen-bond acceptors (Lipinski definition) is 6. The highest BCUT2D eigenvalue weighted by Gasteiger charge is 2.56. The van der Waals surface area contributed by atoms with Gasteiger partial charge in [0.05, 0.1) is 18.8 Å². The van der Waals surface area contributed by atoms with Crippen LogP contribution in [0.3, 0.4) is 0 Å². The molecular formula is C15H22N2O6. The molecule has 3 heterocycles. The predicted octanol–water partition coefficient (Wildman–Crippen LogP) is -0.0470. The Morgan fingerprint density at radius 1 is 1.30 bits per heavy atom. The highest BCUT2D eigenvalue weighted by Crippen LogP contribution is 2.43. The molecule has 0 aliphatic carbocycles. The molecule has 2 saturated heterocycles. The Bertz CT molecular complexity index is 683. The van der Waals surface area contributed by atoms with Crippen LogP contribution >= 0.6 is 0 Å². The zero-order chi connectivity index (χ0) is 16.6. The van der Waals surface area contributed by atoms with Crippen LogP contribution in [0.15, 0.2) is 15.8 Å². The first-order valence-corrected chi connectivity index (χ1v) is 7.65. The fourth-order valence-corrected chi connectivity index (χ4v) is 3.51. The molecular weight excluding hydrogens is 304 g/mol. The van der Waals surface area contributed by atoms with Crippen molar-refractivity contribution in [2.75, 3.05) is 27.4 Å². The molecule has 1 N–H and O–H groups in total. The molecule has 8 heteroatoms. The van der Waals surface area contributed by atoms with Crippen molar-refractivity contribution in [1.82, 2.24) is 9.55 Å². The van der Waals surface area contributed by atoms with Crippen molar-refractivity contribution in [1.29, 1.82) is 0 Å². The minimum absolute atomic E-state index is 0.175. The largest absolute Gasteiger partial charge is 0.378 e. The predicted molar refractivity (Wildman–Crippen MR) is 80.6 cm³/mol. The third kappa shape index (κ3) is 2.65. The number of rotatable bonds is 3. The summed E-state index contributed by atoms with van der Waals surface area (Å²) in [4.78, 5) is 26.0. The van der Waals surface area contributed by atoms with E-state index in [9.17, 15) is 9.59 Å². The van der Waals surface area contributed by atoms with Crippen LogP contribution in [0.4, 0.5) is 0 Å². The summed E-state index contributed by atoms with van der Waals surface area (Å²) in [6.45, 7) is 2.59. The highest BCUT2D eigenvalue weighted by molar-refractivity contribution is 5.06. The molecule has 1 unspecified atom stereocenters. The van der Waals surface area contributed by atoms with E-state index in [1.807, 2.05) is 0 Å². The summed E-state index contributed by atoms with van der Waals surface area (Å²) >= 11 is 0. The summed E-state index contributed by atoms with van der Waals surface area (Å²) in [5.41, 5.74) is -1.19. The zero-order valence-electron chi connectivity index (χ0n) is 13.5. The molecule has 2 fully saturated rings. The monoisotopic (exact) mass is 326 g/mol. The first-order chi connectivity index (χ1) is 11.0. The number of methoxy groups -OCH3 is 2. The van der Waals surface area contributed by atoms with Gasteiger partial charge in [0.25, 0.3) is 5.56 Å². The molecule has 4 atom stereocenters. The molecule has 8 nitrogen and oxygen atoms in total. The van der Waals surface area contributed by atoms with Gasteiger partial charge in [-0.25, -0.2) is 4.79 Å². The van der Waals surface area contributed by atoms with Gasteiger partial charge in [-0.05, 0) is 13.3 Å². The van der Waals surface area contributed by atoms with Crippen molar-refractivity contribution < 1.29 is 18.9 Å². The van der Waals surface area contributed by atoms with Crippen LogP contribution in [0.1, 0.15) is 24.6 Å². The van der Waals surface area contributed by atoms with Gasteiger partial charge in [0, 0.05) is 39.0 Å². The normalized spacial score (nSPS) is 34.1. The van der Waals surface area contributed by atoms with E-state index in [1.165, 1.54) is 10.8 Å². The van der Waals surface area contributed by atoms with Gasteiger partial charge in [0.2, 0.25) is 0 Å². The van der Waals surface area contributed by atoms with Crippen LogP contribution in [-0.4, -0.2) is 54.8 Å². The van der Waals surface area contributed by atoms with Crippen molar-refractivity contribution in [2.45, 2.75) is 43.8 Å². The maximum atomic E-state index is 12.1. The summed E-state index contributed by atoms with van der Waals surface area (Å²) in [5, 5.41) is 0. The number of aromatic amines is 1. The molecule has 1 spiro atoms. The van der Waals surface area contributed by atoms with E-state index < -0.39 is 23.1 Å². The van der Waals surface area contributed by atoms with E-state index in [0.717, 1.165) is 0 Å². The molecule has 1 aromatic heterocycles. The molecule has 23 heavy (non-hydrogen) atoms. The number of H-pyrrole nitrogens is 1. The highest BCUT2D eigenvalue weighted by atomic mass is 16.6. The van der Waals surface area contributed by atoms with Crippen molar-refractivity contribution in [2.24, 2.45) is 0 Å². The molecule has 2 aliphatic rings. The summed E-state index contributed by atoms with van der Waals surface area (Å²) in [6, 6.07) is 0. The lowest BCUT2D eigenvalue weighted by Gasteiger charge is -2.42. The SMILES string of the molecule is COC1C[C@H](n2cc(C)c(=O)[nH]c2=O)O[C@@]12COCC[C@H]2OC. The molecule has 3 rings (SSSR count). The van der Waals surface area contributed by atoms with Gasteiger partial charge in [-0.2, -0.15) is 0 Å². The van der Waals surface area contributed by atoms with Gasteiger partial charge in [-0.1, -0.05) is 0 Å². The zero-order valence-corrected chi connectivity index (χ0v) is 13.5. The molecule has 128 valence electrons. The Morgan fingerprint density at radius 3 is 2.74 bits per heavy atom. The Kier molecular flexibility index (Phi) is 4.41. The topological polar surface area (TPSA) is 91.8 Å². The summed E-state index contributed by atoms with van der Waals surface area (Å²) in [6.07, 6.45) is 1.71. The van der Waals surface area contributed by atoms with Gasteiger partial charge in [0.15, 0.2) is 0 Å². The number of aromatic nitrogens is 2. The van der Waals surface area contributed by atoms with Crippen molar-refractivity contribution in [3.05, 3.63) is 32.6 Å². The van der Waals surface area contributed by atoms with Crippen LogP contribution < -0.4 is 11.2 Å². The third-order valence-electron chi connectivity index (χ3n) is 4.74. The standard InChI is InChI=1S/C15H22N2O6/c1-9-7-17(14(19)16-13(9)18)12-6-11(21-3)15(23-12)8-22-5-4-10(15)20-2/h7,10-12H,4-6,8H2,1-3H3,(H,16,18,19)/t10-,11?,12-,15-/m1/s1. The molecule has 1 aromatic rings. The van der Waals surface area contributed by atoms with Crippen LogP contribution in [0.2, 0.25) is 0 Å². The lowest BCUT2D eigenvalue weighted by molar-refractivity contribution is -0.227. The summed E-state index contributed by atoms with van der Waals surface area (Å²) in [7, 11) is 3.25. The molecule has 0 bridgehead atoms. The van der Waals surface area contributed by atoms with E-state index in [2.05, 4.69) is 4.98 Å². The van der Waals surface area contributed by atoms with E-state index in [-0.39, 0.29) is 12.2 Å². The molecule has 2 aliphatic heterocycles. The van der Waals surface area contributed by atoms with Crippen molar-refractivity contribution in [3.63, 3.8) is 0 Å². The smallest absolute Gasteiger partial charge is 0.330 e. The fourth-order valence-electron chi connectivity index (χ4n) is 3.51. The lowest BCUT2D eigenvalue weighted by Crippen LogP contribution is -2.58. The summed E-state index contributed by atoms with van der Waals surface area (Å²) < 4.78 is 24.4. The number of aryl methyl sites for hydroxylation is 1.